The van der Waals surface area contributed by atoms with Crippen LogP contribution in [0.1, 0.15) is 25.3 Å². The van der Waals surface area contributed by atoms with Crippen molar-refractivity contribution in [3.05, 3.63) is 34.1 Å². The van der Waals surface area contributed by atoms with Gasteiger partial charge < -0.3 is 9.84 Å². The zero-order valence-corrected chi connectivity index (χ0v) is 15.2. The van der Waals surface area contributed by atoms with Crippen molar-refractivity contribution in [3.63, 3.8) is 0 Å². The van der Waals surface area contributed by atoms with E-state index in [1.165, 1.54) is 26.2 Å². The highest BCUT2D eigenvalue weighted by atomic mass is 79.9. The van der Waals surface area contributed by atoms with Crippen LogP contribution in [0.2, 0.25) is 0 Å². The summed E-state index contributed by atoms with van der Waals surface area (Å²) in [6, 6.07) is 5.84. The van der Waals surface area contributed by atoms with E-state index >= 15 is 0 Å². The van der Waals surface area contributed by atoms with Gasteiger partial charge in [-0.1, -0.05) is 22.0 Å². The molecule has 2 rings (SSSR count). The van der Waals surface area contributed by atoms with Crippen LogP contribution in [-0.2, 0) is 9.53 Å². The summed E-state index contributed by atoms with van der Waals surface area (Å²) in [5.41, 5.74) is -0.777. The second-order valence-electron chi connectivity index (χ2n) is 6.08. The van der Waals surface area contributed by atoms with Crippen LogP contribution in [0.4, 0.5) is 4.39 Å². The Morgan fingerprint density at radius 1 is 1.58 bits per heavy atom. The minimum absolute atomic E-state index is 0.0763. The smallest absolute Gasteiger partial charge is 0.312 e. The van der Waals surface area contributed by atoms with E-state index in [1.807, 2.05) is 0 Å². The molecule has 1 aliphatic heterocycles. The molecule has 1 aliphatic rings. The Morgan fingerprint density at radius 3 is 2.75 bits per heavy atom. The van der Waals surface area contributed by atoms with Crippen LogP contribution in [0.25, 0.3) is 0 Å². The van der Waals surface area contributed by atoms with Crippen molar-refractivity contribution < 1.29 is 19.0 Å². The van der Waals surface area contributed by atoms with E-state index in [0.717, 1.165) is 0 Å². The normalized spacial score (nSPS) is 29.7. The number of methoxy groups -OCH3 is 1. The summed E-state index contributed by atoms with van der Waals surface area (Å²) in [7, 11) is 1.46. The Kier molecular flexibility index (Phi) is 5.41. The van der Waals surface area contributed by atoms with Crippen LogP contribution in [0.15, 0.2) is 27.7 Å². The van der Waals surface area contributed by atoms with Gasteiger partial charge in [0, 0.05) is 23.2 Å². The summed E-state index contributed by atoms with van der Waals surface area (Å²) in [5, 5.41) is 19.5. The number of hydrogen-bond acceptors (Lipinski definition) is 4. The molecule has 1 aromatic rings. The van der Waals surface area contributed by atoms with Crippen LogP contribution < -0.4 is 0 Å². The third-order valence-electron chi connectivity index (χ3n) is 4.70. The van der Waals surface area contributed by atoms with Gasteiger partial charge in [-0.05, 0) is 31.5 Å². The number of carboxylic acid groups (broad SMARTS) is 1. The number of carbonyl (C=O) groups is 1. The predicted octanol–water partition coefficient (Wildman–Crippen LogP) is 3.39. The minimum atomic E-state index is -1.47. The zero-order chi connectivity index (χ0) is 18.1. The average Bonchev–Trinajstić information content (AvgIpc) is 2.51. The van der Waals surface area contributed by atoms with Gasteiger partial charge in [-0.2, -0.15) is 5.26 Å². The fourth-order valence-electron chi connectivity index (χ4n) is 3.32. The van der Waals surface area contributed by atoms with Crippen molar-refractivity contribution in [3.8, 4) is 6.07 Å². The SMILES string of the molecule is COCC1N=C(C)C(C#N)C(c2ccc(Br)cc2F)C1(C)C(=O)O. The highest BCUT2D eigenvalue weighted by Gasteiger charge is 2.55. The van der Waals surface area contributed by atoms with Gasteiger partial charge in [0.05, 0.1) is 30.1 Å². The second-order valence-corrected chi connectivity index (χ2v) is 7.00. The van der Waals surface area contributed by atoms with E-state index in [9.17, 15) is 19.6 Å². The fourth-order valence-corrected chi connectivity index (χ4v) is 3.66. The molecule has 0 aromatic heterocycles. The molecule has 4 atom stereocenters. The van der Waals surface area contributed by atoms with E-state index in [0.29, 0.717) is 10.2 Å². The van der Waals surface area contributed by atoms with E-state index in [4.69, 9.17) is 4.74 Å². The molecule has 0 fully saturated rings. The van der Waals surface area contributed by atoms with Crippen molar-refractivity contribution in [1.82, 2.24) is 0 Å². The Bertz CT molecular complexity index is 731. The number of rotatable bonds is 4. The molecule has 0 spiro atoms. The van der Waals surface area contributed by atoms with Crippen LogP contribution in [0, 0.1) is 28.5 Å². The summed E-state index contributed by atoms with van der Waals surface area (Å²) in [6.07, 6.45) is 0. The number of ether oxygens (including phenoxy) is 1. The third kappa shape index (κ3) is 2.96. The lowest BCUT2D eigenvalue weighted by atomic mass is 9.61. The van der Waals surface area contributed by atoms with Crippen LogP contribution in [0.3, 0.4) is 0 Å². The van der Waals surface area contributed by atoms with Crippen molar-refractivity contribution in [2.24, 2.45) is 16.3 Å². The standard InChI is InChI=1S/C17H18BrFN2O3/c1-9-12(7-20)15(11-5-4-10(18)6-13(11)19)17(2,16(22)23)14(21-9)8-24-3/h4-6,12,14-15H,8H2,1-3H3,(H,22,23). The molecular weight excluding hydrogens is 379 g/mol. The van der Waals surface area contributed by atoms with Crippen molar-refractivity contribution in [2.75, 3.05) is 13.7 Å². The number of benzene rings is 1. The van der Waals surface area contributed by atoms with Gasteiger partial charge in [-0.15, -0.1) is 0 Å². The summed E-state index contributed by atoms with van der Waals surface area (Å²) >= 11 is 3.19. The highest BCUT2D eigenvalue weighted by molar-refractivity contribution is 9.10. The number of aliphatic carboxylic acids is 1. The van der Waals surface area contributed by atoms with Crippen molar-refractivity contribution in [2.45, 2.75) is 25.8 Å². The first kappa shape index (κ1) is 18.6. The molecule has 0 saturated carbocycles. The van der Waals surface area contributed by atoms with Gasteiger partial charge in [-0.25, -0.2) is 4.39 Å². The van der Waals surface area contributed by atoms with Crippen molar-refractivity contribution >= 4 is 27.6 Å². The lowest BCUT2D eigenvalue weighted by molar-refractivity contribution is -0.152. The summed E-state index contributed by atoms with van der Waals surface area (Å²) < 4.78 is 20.3. The molecule has 24 heavy (non-hydrogen) atoms. The van der Waals surface area contributed by atoms with E-state index in [-0.39, 0.29) is 12.2 Å². The molecule has 7 heteroatoms. The number of nitrogens with zero attached hydrogens (tertiary/aromatic N) is 2. The fraction of sp³-hybridized carbons (Fsp3) is 0.471. The quantitative estimate of drug-likeness (QED) is 0.845. The van der Waals surface area contributed by atoms with Crippen LogP contribution in [-0.4, -0.2) is 36.5 Å². The van der Waals surface area contributed by atoms with E-state index in [1.54, 1.807) is 13.0 Å². The third-order valence-corrected chi connectivity index (χ3v) is 5.20. The molecule has 128 valence electrons. The molecule has 0 amide bonds. The number of carboxylic acids is 1. The second kappa shape index (κ2) is 6.99. The minimum Gasteiger partial charge on any atom is -0.481 e. The topological polar surface area (TPSA) is 82.7 Å². The Labute approximate surface area is 148 Å². The molecule has 1 aromatic carbocycles. The van der Waals surface area contributed by atoms with Gasteiger partial charge >= 0.3 is 5.97 Å². The molecule has 1 N–H and O–H groups in total. The Balaban J connectivity index is 2.73. The first-order chi connectivity index (χ1) is 11.3. The van der Waals surface area contributed by atoms with Gasteiger partial charge in [0.2, 0.25) is 0 Å². The summed E-state index contributed by atoms with van der Waals surface area (Å²) in [4.78, 5) is 16.5. The number of aliphatic imine (C=N–C) groups is 1. The predicted molar refractivity (Wildman–Crippen MR) is 90.5 cm³/mol. The Hall–Kier alpha value is -1.78. The molecule has 0 saturated heterocycles. The number of nitriles is 1. The van der Waals surface area contributed by atoms with Gasteiger partial charge in [0.15, 0.2) is 0 Å². The lowest BCUT2D eigenvalue weighted by Crippen LogP contribution is -2.52. The molecule has 0 bridgehead atoms. The molecule has 1 heterocycles. The molecule has 0 aliphatic carbocycles. The first-order valence-electron chi connectivity index (χ1n) is 7.38. The summed E-state index contributed by atoms with van der Waals surface area (Å²) in [6.45, 7) is 3.25. The molecular formula is C17H18BrFN2O3. The number of halogens is 2. The maximum atomic E-state index is 14.6. The van der Waals surface area contributed by atoms with Crippen LogP contribution >= 0.6 is 15.9 Å². The zero-order valence-electron chi connectivity index (χ0n) is 13.6. The van der Waals surface area contributed by atoms with E-state index < -0.39 is 35.1 Å². The summed E-state index contributed by atoms with van der Waals surface area (Å²) in [5.74, 6) is -3.37. The largest absolute Gasteiger partial charge is 0.481 e. The monoisotopic (exact) mass is 396 g/mol. The molecule has 4 unspecified atom stereocenters. The van der Waals surface area contributed by atoms with E-state index in [2.05, 4.69) is 27.0 Å². The van der Waals surface area contributed by atoms with Gasteiger partial charge in [-0.3, -0.25) is 9.79 Å². The lowest BCUT2D eigenvalue weighted by Gasteiger charge is -2.44. The van der Waals surface area contributed by atoms with Crippen molar-refractivity contribution in [1.29, 1.82) is 5.26 Å². The maximum absolute atomic E-state index is 14.6. The van der Waals surface area contributed by atoms with Crippen LogP contribution in [0.5, 0.6) is 0 Å². The Morgan fingerprint density at radius 2 is 2.25 bits per heavy atom. The maximum Gasteiger partial charge on any atom is 0.312 e. The molecule has 5 nitrogen and oxygen atoms in total. The average molecular weight is 397 g/mol. The number of hydrogen-bond donors (Lipinski definition) is 1. The molecule has 0 radical (unpaired) electrons. The van der Waals surface area contributed by atoms with Gasteiger partial charge in [0.1, 0.15) is 5.82 Å². The van der Waals surface area contributed by atoms with Gasteiger partial charge in [0.25, 0.3) is 0 Å². The highest BCUT2D eigenvalue weighted by Crippen LogP contribution is 2.49. The first-order valence-corrected chi connectivity index (χ1v) is 8.17.